The molecule has 152 valence electrons. The van der Waals surface area contributed by atoms with Crippen LogP contribution in [0.2, 0.25) is 0 Å². The third-order valence-corrected chi connectivity index (χ3v) is 4.83. The molecule has 9 nitrogen and oxygen atoms in total. The minimum absolute atomic E-state index is 0.00403. The molecule has 9 heteroatoms. The summed E-state index contributed by atoms with van der Waals surface area (Å²) in [5.41, 5.74) is 3.59. The molecule has 0 radical (unpaired) electrons. The van der Waals surface area contributed by atoms with Crippen LogP contribution in [0.5, 0.6) is 0 Å². The first kappa shape index (κ1) is 20.2. The molecule has 2 saturated heterocycles. The van der Waals surface area contributed by atoms with Gasteiger partial charge in [0.05, 0.1) is 25.2 Å². The topological polar surface area (TPSA) is 100 Å². The monoisotopic (exact) mass is 390 g/mol. The highest BCUT2D eigenvalue weighted by molar-refractivity contribution is 5.91. The molecule has 3 amide bonds. The fraction of sp³-hybridized carbons (Fsp3) is 0.526. The Morgan fingerprint density at radius 1 is 1.21 bits per heavy atom. The number of carbonyl (C=O) groups excluding carboxylic acids is 3. The van der Waals surface area contributed by atoms with Crippen molar-refractivity contribution in [3.05, 3.63) is 35.9 Å². The van der Waals surface area contributed by atoms with Crippen LogP contribution in [-0.2, 0) is 25.9 Å². The van der Waals surface area contributed by atoms with Crippen LogP contribution in [0.15, 0.2) is 30.3 Å². The second kappa shape index (κ2) is 9.63. The second-order valence-corrected chi connectivity index (χ2v) is 6.89. The molecule has 0 aromatic heterocycles. The third-order valence-electron chi connectivity index (χ3n) is 4.83. The molecule has 28 heavy (non-hydrogen) atoms. The molecule has 2 aliphatic heterocycles. The summed E-state index contributed by atoms with van der Waals surface area (Å²) in [6.45, 7) is 2.85. The van der Waals surface area contributed by atoms with E-state index in [0.29, 0.717) is 26.1 Å². The van der Waals surface area contributed by atoms with Gasteiger partial charge in [0.15, 0.2) is 5.78 Å². The summed E-state index contributed by atoms with van der Waals surface area (Å²) in [6.07, 6.45) is 1.32. The molecule has 2 N–H and O–H groups in total. The predicted octanol–water partition coefficient (Wildman–Crippen LogP) is 0.613. The van der Waals surface area contributed by atoms with E-state index in [1.807, 2.05) is 30.3 Å². The average molecular weight is 390 g/mol. The zero-order valence-corrected chi connectivity index (χ0v) is 15.9. The van der Waals surface area contributed by atoms with E-state index < -0.39 is 6.04 Å². The van der Waals surface area contributed by atoms with Crippen molar-refractivity contribution < 1.29 is 24.1 Å². The minimum Gasteiger partial charge on any atom is -0.354 e. The lowest BCUT2D eigenvalue weighted by Gasteiger charge is -2.29. The van der Waals surface area contributed by atoms with E-state index in [2.05, 4.69) is 10.8 Å². The fourth-order valence-corrected chi connectivity index (χ4v) is 3.44. The first-order valence-electron chi connectivity index (χ1n) is 9.44. The summed E-state index contributed by atoms with van der Waals surface area (Å²) in [6, 6.07) is 8.90. The molecule has 1 aromatic rings. The second-order valence-electron chi connectivity index (χ2n) is 6.89. The van der Waals surface area contributed by atoms with Gasteiger partial charge in [-0.15, -0.1) is 0 Å². The zero-order valence-electron chi connectivity index (χ0n) is 15.9. The Labute approximate surface area is 163 Å². The maximum atomic E-state index is 12.7. The van der Waals surface area contributed by atoms with Gasteiger partial charge in [0, 0.05) is 20.0 Å². The lowest BCUT2D eigenvalue weighted by Crippen LogP contribution is -2.48. The lowest BCUT2D eigenvalue weighted by molar-refractivity contribution is -0.140. The highest BCUT2D eigenvalue weighted by Gasteiger charge is 2.47. The van der Waals surface area contributed by atoms with Gasteiger partial charge in [-0.25, -0.2) is 4.79 Å². The number of ketones is 1. The van der Waals surface area contributed by atoms with Gasteiger partial charge in [-0.2, -0.15) is 10.5 Å². The predicted molar refractivity (Wildman–Crippen MR) is 99.6 cm³/mol. The summed E-state index contributed by atoms with van der Waals surface area (Å²) in [5, 5.41) is 4.01. The molecule has 3 rings (SSSR count). The van der Waals surface area contributed by atoms with E-state index in [1.54, 1.807) is 4.90 Å². The molecule has 2 fully saturated rings. The first-order valence-corrected chi connectivity index (χ1v) is 9.44. The Morgan fingerprint density at radius 2 is 2.00 bits per heavy atom. The average Bonchev–Trinajstić information content (AvgIpc) is 2.93. The van der Waals surface area contributed by atoms with Crippen molar-refractivity contribution in [3.63, 3.8) is 0 Å². The minimum atomic E-state index is -0.472. The van der Waals surface area contributed by atoms with E-state index in [0.717, 1.165) is 12.0 Å². The lowest BCUT2D eigenvalue weighted by atomic mass is 9.98. The van der Waals surface area contributed by atoms with Crippen molar-refractivity contribution in [3.8, 4) is 0 Å². The van der Waals surface area contributed by atoms with Gasteiger partial charge in [0.1, 0.15) is 6.61 Å². The Kier molecular flexibility index (Phi) is 6.96. The largest absolute Gasteiger partial charge is 0.354 e. The quantitative estimate of drug-likeness (QED) is 0.449. The number of benzene rings is 1. The van der Waals surface area contributed by atoms with Crippen LogP contribution < -0.4 is 10.8 Å². The molecule has 1 aromatic carbocycles. The molecular formula is C19H26N4O5. The highest BCUT2D eigenvalue weighted by atomic mass is 16.7. The summed E-state index contributed by atoms with van der Waals surface area (Å²) in [4.78, 5) is 48.4. The van der Waals surface area contributed by atoms with E-state index in [4.69, 9.17) is 9.68 Å². The van der Waals surface area contributed by atoms with Gasteiger partial charge in [-0.3, -0.25) is 19.3 Å². The number of nitrogens with one attached hydrogen (secondary N) is 2. The molecule has 0 spiro atoms. The normalized spacial score (nSPS) is 21.1. The van der Waals surface area contributed by atoms with Crippen LogP contribution in [-0.4, -0.2) is 66.0 Å². The van der Waals surface area contributed by atoms with Crippen LogP contribution in [0.3, 0.4) is 0 Å². The molecule has 2 aliphatic rings. The Balaban J connectivity index is 1.44. The molecular weight excluding hydrogens is 364 g/mol. The maximum absolute atomic E-state index is 12.7. The van der Waals surface area contributed by atoms with Gasteiger partial charge >= 0.3 is 6.03 Å². The Hall–Kier alpha value is -2.49. The van der Waals surface area contributed by atoms with Gasteiger partial charge in [0.25, 0.3) is 0 Å². The van der Waals surface area contributed by atoms with Crippen LogP contribution in [0.4, 0.5) is 4.79 Å². The molecule has 0 aliphatic carbocycles. The van der Waals surface area contributed by atoms with Crippen molar-refractivity contribution in [2.75, 3.05) is 26.2 Å². The van der Waals surface area contributed by atoms with Gasteiger partial charge in [-0.05, 0) is 18.4 Å². The third kappa shape index (κ3) is 5.06. The fourth-order valence-electron chi connectivity index (χ4n) is 3.44. The number of fused-ring (bicyclic) bond motifs is 2. The Bertz CT molecular complexity index is 699. The number of urea groups is 1. The molecule has 2 atom stereocenters. The van der Waals surface area contributed by atoms with Crippen molar-refractivity contribution >= 4 is 17.7 Å². The summed E-state index contributed by atoms with van der Waals surface area (Å²) in [5.74, 6) is -0.237. The van der Waals surface area contributed by atoms with Crippen LogP contribution in [0, 0.1) is 0 Å². The van der Waals surface area contributed by atoms with Gasteiger partial charge in [0.2, 0.25) is 5.91 Å². The first-order chi connectivity index (χ1) is 13.6. The standard InChI is InChI=1S/C19H26N4O5/c1-14(24)20-9-10-27-21-11-18(25)17-8-7-16-12-22(17)19(26)23(16)28-13-15-5-3-2-4-6-15/h2-6,16-17,21H,7-13H2,1H3,(H,20,24)/t16-,17+/m1/s1. The number of rotatable bonds is 10. The summed E-state index contributed by atoms with van der Waals surface area (Å²) < 4.78 is 0. The number of hydroxylamine groups is 3. The van der Waals surface area contributed by atoms with Crippen LogP contribution in [0.1, 0.15) is 25.3 Å². The number of carbonyl (C=O) groups is 3. The number of hydrogen-bond acceptors (Lipinski definition) is 6. The van der Waals surface area contributed by atoms with Crippen LogP contribution in [0.25, 0.3) is 0 Å². The SMILES string of the molecule is CC(=O)NCCONCC(=O)[C@@H]1CC[C@@H]2CN1C(=O)N2OCc1ccccc1. The van der Waals surface area contributed by atoms with Crippen LogP contribution >= 0.6 is 0 Å². The van der Waals surface area contributed by atoms with E-state index in [1.165, 1.54) is 12.0 Å². The number of piperidine rings is 1. The summed E-state index contributed by atoms with van der Waals surface area (Å²) in [7, 11) is 0. The van der Waals surface area contributed by atoms with E-state index in [9.17, 15) is 14.4 Å². The van der Waals surface area contributed by atoms with E-state index >= 15 is 0 Å². The molecule has 2 bridgehead atoms. The van der Waals surface area contributed by atoms with Gasteiger partial charge < -0.3 is 10.2 Å². The van der Waals surface area contributed by atoms with Crippen molar-refractivity contribution in [1.82, 2.24) is 20.8 Å². The highest BCUT2D eigenvalue weighted by Crippen LogP contribution is 2.30. The van der Waals surface area contributed by atoms with Gasteiger partial charge in [-0.1, -0.05) is 30.3 Å². The van der Waals surface area contributed by atoms with Crippen molar-refractivity contribution in [2.45, 2.75) is 38.5 Å². The number of hydrogen-bond donors (Lipinski definition) is 2. The zero-order chi connectivity index (χ0) is 19.9. The molecule has 0 unspecified atom stereocenters. The summed E-state index contributed by atoms with van der Waals surface area (Å²) >= 11 is 0. The number of Topliss-reactive ketones (excluding diaryl/α,β-unsaturated/α-hetero) is 1. The maximum Gasteiger partial charge on any atom is 0.344 e. The van der Waals surface area contributed by atoms with Crippen molar-refractivity contribution in [2.24, 2.45) is 0 Å². The van der Waals surface area contributed by atoms with Crippen molar-refractivity contribution in [1.29, 1.82) is 0 Å². The number of nitrogens with zero attached hydrogens (tertiary/aromatic N) is 2. The Morgan fingerprint density at radius 3 is 2.75 bits per heavy atom. The molecule has 2 heterocycles. The van der Waals surface area contributed by atoms with E-state index in [-0.39, 0.29) is 36.9 Å². The smallest absolute Gasteiger partial charge is 0.344 e. The molecule has 0 saturated carbocycles. The number of amides is 3.